The molecule has 0 saturated carbocycles. The summed E-state index contributed by atoms with van der Waals surface area (Å²) in [6.07, 6.45) is 1.46. The average molecular weight is 240 g/mol. The number of rotatable bonds is 2. The predicted octanol–water partition coefficient (Wildman–Crippen LogP) is 3.58. The highest BCUT2D eigenvalue weighted by Crippen LogP contribution is 2.27. The fourth-order valence-corrected chi connectivity index (χ4v) is 1.86. The minimum absolute atomic E-state index is 1.05. The summed E-state index contributed by atoms with van der Waals surface area (Å²) in [5.74, 6) is 0. The molecule has 0 aliphatic heterocycles. The van der Waals surface area contributed by atoms with Crippen molar-refractivity contribution in [1.82, 2.24) is 0 Å². The quantitative estimate of drug-likeness (QED) is 0.582. The lowest BCUT2D eigenvalue weighted by atomic mass is 10.4. The lowest BCUT2D eigenvalue weighted by Gasteiger charge is -1.97. The summed E-state index contributed by atoms with van der Waals surface area (Å²) in [5.41, 5.74) is 0. The van der Waals surface area contributed by atoms with Gasteiger partial charge in [0.1, 0.15) is 0 Å². The first-order chi connectivity index (χ1) is 5.84. The van der Waals surface area contributed by atoms with Crippen LogP contribution in [0.25, 0.3) is 0 Å². The fraction of sp³-hybridized carbons (Fsp3) is 0. The second-order valence-corrected chi connectivity index (χ2v) is 3.78. The van der Waals surface area contributed by atoms with E-state index in [1.54, 1.807) is 5.41 Å². The molecule has 1 aromatic carbocycles. The zero-order valence-electron chi connectivity index (χ0n) is 6.20. The number of benzene rings is 1. The van der Waals surface area contributed by atoms with Crippen molar-refractivity contribution in [3.8, 4) is 6.07 Å². The van der Waals surface area contributed by atoms with Gasteiger partial charge in [-0.15, -0.1) is 0 Å². The highest BCUT2D eigenvalue weighted by molar-refractivity contribution is 9.10. The molecule has 12 heavy (non-hydrogen) atoms. The molecule has 1 rings (SSSR count). The van der Waals surface area contributed by atoms with E-state index in [9.17, 15) is 0 Å². The molecule has 0 heterocycles. The van der Waals surface area contributed by atoms with Crippen molar-refractivity contribution in [3.63, 3.8) is 0 Å². The third-order valence-corrected chi connectivity index (χ3v) is 3.01. The third kappa shape index (κ3) is 2.72. The van der Waals surface area contributed by atoms with Gasteiger partial charge in [0.05, 0.1) is 6.07 Å². The Kier molecular flexibility index (Phi) is 3.92. The molecule has 0 aromatic heterocycles. The molecule has 1 aromatic rings. The molecule has 0 spiro atoms. The molecule has 0 saturated heterocycles. The van der Waals surface area contributed by atoms with Crippen molar-refractivity contribution in [1.29, 1.82) is 5.26 Å². The Labute approximate surface area is 84.2 Å². The maximum absolute atomic E-state index is 8.25. The zero-order valence-corrected chi connectivity index (χ0v) is 8.60. The maximum Gasteiger partial charge on any atom is 0.0917 e. The number of allylic oxidation sites excluding steroid dienone is 1. The number of thioether (sulfide) groups is 1. The van der Waals surface area contributed by atoms with Crippen LogP contribution in [0.4, 0.5) is 0 Å². The van der Waals surface area contributed by atoms with Crippen LogP contribution in [0.5, 0.6) is 0 Å². The molecule has 3 heteroatoms. The first-order valence-electron chi connectivity index (χ1n) is 3.30. The first-order valence-corrected chi connectivity index (χ1v) is 4.97. The predicted molar refractivity (Wildman–Crippen MR) is 54.8 cm³/mol. The Bertz CT molecular complexity index is 328. The van der Waals surface area contributed by atoms with E-state index < -0.39 is 0 Å². The highest BCUT2D eigenvalue weighted by atomic mass is 79.9. The van der Waals surface area contributed by atoms with E-state index in [4.69, 9.17) is 5.26 Å². The molecule has 0 fully saturated rings. The van der Waals surface area contributed by atoms with Crippen molar-refractivity contribution in [2.24, 2.45) is 0 Å². The summed E-state index contributed by atoms with van der Waals surface area (Å²) in [6, 6.07) is 9.84. The van der Waals surface area contributed by atoms with Gasteiger partial charge in [0.2, 0.25) is 0 Å². The van der Waals surface area contributed by atoms with Crippen LogP contribution < -0.4 is 0 Å². The van der Waals surface area contributed by atoms with Crippen LogP contribution in [0.3, 0.4) is 0 Å². The van der Waals surface area contributed by atoms with Crippen molar-refractivity contribution in [3.05, 3.63) is 40.2 Å². The molecule has 0 radical (unpaired) electrons. The zero-order chi connectivity index (χ0) is 8.81. The molecule has 0 bridgehead atoms. The van der Waals surface area contributed by atoms with Gasteiger partial charge in [-0.3, -0.25) is 0 Å². The molecular formula is C9H6BrNS. The minimum Gasteiger partial charge on any atom is -0.193 e. The maximum atomic E-state index is 8.25. The lowest BCUT2D eigenvalue weighted by Crippen LogP contribution is -1.69. The average Bonchev–Trinajstić information content (AvgIpc) is 2.09. The molecule has 0 unspecified atom stereocenters. The van der Waals surface area contributed by atoms with E-state index in [2.05, 4.69) is 15.9 Å². The van der Waals surface area contributed by atoms with Crippen molar-refractivity contribution in [2.45, 2.75) is 4.90 Å². The molecule has 0 aliphatic carbocycles. The smallest absolute Gasteiger partial charge is 0.0917 e. The number of hydrogen-bond donors (Lipinski definition) is 0. The molecule has 60 valence electrons. The van der Waals surface area contributed by atoms with Crippen LogP contribution in [-0.4, -0.2) is 0 Å². The largest absolute Gasteiger partial charge is 0.193 e. The van der Waals surface area contributed by atoms with E-state index >= 15 is 0 Å². The summed E-state index contributed by atoms with van der Waals surface area (Å²) in [6.45, 7) is 0. The van der Waals surface area contributed by atoms with Crippen LogP contribution >= 0.6 is 27.7 Å². The number of hydrogen-bond acceptors (Lipinski definition) is 2. The van der Waals surface area contributed by atoms with Crippen LogP contribution in [0, 0.1) is 11.3 Å². The van der Waals surface area contributed by atoms with Crippen molar-refractivity contribution in [2.75, 3.05) is 0 Å². The first kappa shape index (κ1) is 9.37. The number of nitriles is 1. The van der Waals surface area contributed by atoms with Crippen LogP contribution in [0.1, 0.15) is 0 Å². The molecule has 0 atom stereocenters. The minimum atomic E-state index is 1.05. The van der Waals surface area contributed by atoms with Gasteiger partial charge in [-0.25, -0.2) is 0 Å². The highest BCUT2D eigenvalue weighted by Gasteiger charge is 1.94. The van der Waals surface area contributed by atoms with Gasteiger partial charge in [0.25, 0.3) is 0 Å². The summed E-state index contributed by atoms with van der Waals surface area (Å²) in [4.78, 5) is 1.11. The monoisotopic (exact) mass is 239 g/mol. The Morgan fingerprint density at radius 3 is 2.83 bits per heavy atom. The van der Waals surface area contributed by atoms with Crippen LogP contribution in [0.15, 0.2) is 45.1 Å². The van der Waals surface area contributed by atoms with Gasteiger partial charge in [-0.2, -0.15) is 5.26 Å². The number of halogens is 1. The molecular weight excluding hydrogens is 234 g/mol. The van der Waals surface area contributed by atoms with Gasteiger partial charge in [-0.05, 0) is 33.5 Å². The molecule has 0 N–H and O–H groups in total. The molecule has 0 aliphatic rings. The normalized spacial score (nSPS) is 10.0. The van der Waals surface area contributed by atoms with Crippen LogP contribution in [0.2, 0.25) is 0 Å². The van der Waals surface area contributed by atoms with Crippen molar-refractivity contribution >= 4 is 27.7 Å². The van der Waals surface area contributed by atoms with Gasteiger partial charge in [-0.1, -0.05) is 23.9 Å². The van der Waals surface area contributed by atoms with E-state index in [-0.39, 0.29) is 0 Å². The van der Waals surface area contributed by atoms with Gasteiger partial charge >= 0.3 is 0 Å². The standard InChI is InChI=1S/C9H6BrNS/c10-8-4-1-2-5-9(8)12-7-3-6-11/h1-5,7H. The Morgan fingerprint density at radius 1 is 1.42 bits per heavy atom. The van der Waals surface area contributed by atoms with Gasteiger partial charge in [0, 0.05) is 15.4 Å². The summed E-state index contributed by atoms with van der Waals surface area (Å²) in [5, 5.41) is 10.0. The fourth-order valence-electron chi connectivity index (χ4n) is 0.678. The van der Waals surface area contributed by atoms with Gasteiger partial charge < -0.3 is 0 Å². The Hall–Kier alpha value is -0.720. The third-order valence-electron chi connectivity index (χ3n) is 1.17. The molecule has 0 amide bonds. The summed E-state index contributed by atoms with van der Waals surface area (Å²) in [7, 11) is 0. The number of nitrogens with zero attached hydrogens (tertiary/aromatic N) is 1. The second-order valence-electron chi connectivity index (χ2n) is 1.98. The van der Waals surface area contributed by atoms with E-state index in [0.717, 1.165) is 9.37 Å². The topological polar surface area (TPSA) is 23.8 Å². The van der Waals surface area contributed by atoms with Crippen molar-refractivity contribution < 1.29 is 0 Å². The Morgan fingerprint density at radius 2 is 2.17 bits per heavy atom. The van der Waals surface area contributed by atoms with E-state index in [1.807, 2.05) is 30.3 Å². The SMILES string of the molecule is N#CC=CSc1ccccc1Br. The molecule has 1 nitrogen and oxygen atoms in total. The summed E-state index contributed by atoms with van der Waals surface area (Å²) < 4.78 is 1.05. The second kappa shape index (κ2) is 5.02. The Balaban J connectivity index is 2.71. The van der Waals surface area contributed by atoms with Crippen LogP contribution in [-0.2, 0) is 0 Å². The van der Waals surface area contributed by atoms with E-state index in [0.29, 0.717) is 0 Å². The van der Waals surface area contributed by atoms with Gasteiger partial charge in [0.15, 0.2) is 0 Å². The lowest BCUT2D eigenvalue weighted by molar-refractivity contribution is 1.42. The van der Waals surface area contributed by atoms with E-state index in [1.165, 1.54) is 17.8 Å². The summed E-state index contributed by atoms with van der Waals surface area (Å²) >= 11 is 4.93.